The standard InChI is InChI=1S/C17H27NO2/c1-5-7-13-17(4,6-2)18(16(19)20)14(3)15-11-9-8-10-12-15/h8-12,14H,5-7,13H2,1-4H3,(H,19,20). The molecular formula is C17H27NO2. The minimum absolute atomic E-state index is 0.129. The second-order valence-corrected chi connectivity index (χ2v) is 5.69. The number of carbonyl (C=O) groups is 1. The smallest absolute Gasteiger partial charge is 0.408 e. The van der Waals surface area contributed by atoms with Gasteiger partial charge in [0.1, 0.15) is 0 Å². The Morgan fingerprint density at radius 1 is 1.30 bits per heavy atom. The van der Waals surface area contributed by atoms with Gasteiger partial charge in [0.25, 0.3) is 0 Å². The Balaban J connectivity index is 3.06. The highest BCUT2D eigenvalue weighted by Crippen LogP contribution is 2.34. The van der Waals surface area contributed by atoms with Crippen molar-refractivity contribution in [3.05, 3.63) is 35.9 Å². The molecule has 0 aliphatic rings. The van der Waals surface area contributed by atoms with Crippen LogP contribution in [0.15, 0.2) is 30.3 Å². The molecular weight excluding hydrogens is 250 g/mol. The summed E-state index contributed by atoms with van der Waals surface area (Å²) < 4.78 is 0. The van der Waals surface area contributed by atoms with Gasteiger partial charge in [-0.15, -0.1) is 0 Å². The maximum Gasteiger partial charge on any atom is 0.408 e. The Morgan fingerprint density at radius 3 is 2.35 bits per heavy atom. The van der Waals surface area contributed by atoms with Crippen LogP contribution in [-0.2, 0) is 0 Å². The topological polar surface area (TPSA) is 40.5 Å². The van der Waals surface area contributed by atoms with Gasteiger partial charge in [-0.3, -0.25) is 4.90 Å². The van der Waals surface area contributed by atoms with Crippen molar-refractivity contribution in [2.75, 3.05) is 0 Å². The maximum atomic E-state index is 11.8. The van der Waals surface area contributed by atoms with E-state index in [1.165, 1.54) is 0 Å². The van der Waals surface area contributed by atoms with Gasteiger partial charge in [-0.05, 0) is 32.3 Å². The van der Waals surface area contributed by atoms with E-state index in [2.05, 4.69) is 20.8 Å². The van der Waals surface area contributed by atoms with Crippen molar-refractivity contribution in [2.24, 2.45) is 0 Å². The monoisotopic (exact) mass is 277 g/mol. The van der Waals surface area contributed by atoms with E-state index in [0.29, 0.717) is 0 Å². The van der Waals surface area contributed by atoms with E-state index >= 15 is 0 Å². The zero-order valence-corrected chi connectivity index (χ0v) is 13.1. The fourth-order valence-electron chi connectivity index (χ4n) is 2.77. The normalized spacial score (nSPS) is 15.4. The Bertz CT molecular complexity index is 418. The molecule has 0 radical (unpaired) electrons. The molecule has 0 saturated carbocycles. The Hall–Kier alpha value is -1.51. The number of hydrogen-bond donors (Lipinski definition) is 1. The first-order chi connectivity index (χ1) is 9.46. The highest BCUT2D eigenvalue weighted by molar-refractivity contribution is 5.67. The van der Waals surface area contributed by atoms with E-state index in [1.807, 2.05) is 37.3 Å². The molecule has 2 atom stereocenters. The predicted octanol–water partition coefficient (Wildman–Crippen LogP) is 5.09. The highest BCUT2D eigenvalue weighted by Gasteiger charge is 2.37. The summed E-state index contributed by atoms with van der Waals surface area (Å²) in [4.78, 5) is 13.4. The van der Waals surface area contributed by atoms with Gasteiger partial charge in [0, 0.05) is 5.54 Å². The van der Waals surface area contributed by atoms with Crippen LogP contribution in [0.25, 0.3) is 0 Å². The van der Waals surface area contributed by atoms with Crippen LogP contribution in [0.1, 0.15) is 65.0 Å². The molecule has 0 bridgehead atoms. The van der Waals surface area contributed by atoms with E-state index in [0.717, 1.165) is 31.2 Å². The number of nitrogens with zero attached hydrogens (tertiary/aromatic N) is 1. The molecule has 0 spiro atoms. The van der Waals surface area contributed by atoms with Crippen molar-refractivity contribution in [3.63, 3.8) is 0 Å². The van der Waals surface area contributed by atoms with Crippen LogP contribution >= 0.6 is 0 Å². The third kappa shape index (κ3) is 3.75. The van der Waals surface area contributed by atoms with Gasteiger partial charge < -0.3 is 5.11 Å². The molecule has 0 aliphatic heterocycles. The van der Waals surface area contributed by atoms with Crippen molar-refractivity contribution in [1.29, 1.82) is 0 Å². The number of carboxylic acid groups (broad SMARTS) is 1. The van der Waals surface area contributed by atoms with Crippen LogP contribution in [0.5, 0.6) is 0 Å². The van der Waals surface area contributed by atoms with Crippen molar-refractivity contribution in [1.82, 2.24) is 4.90 Å². The quantitative estimate of drug-likeness (QED) is 0.754. The van der Waals surface area contributed by atoms with E-state index in [-0.39, 0.29) is 11.6 Å². The predicted molar refractivity (Wildman–Crippen MR) is 82.9 cm³/mol. The lowest BCUT2D eigenvalue weighted by Crippen LogP contribution is -2.50. The zero-order valence-electron chi connectivity index (χ0n) is 13.1. The minimum atomic E-state index is -0.832. The van der Waals surface area contributed by atoms with Crippen LogP contribution in [0.4, 0.5) is 4.79 Å². The van der Waals surface area contributed by atoms with Crippen LogP contribution < -0.4 is 0 Å². The second-order valence-electron chi connectivity index (χ2n) is 5.69. The molecule has 1 aromatic rings. The number of amides is 1. The van der Waals surface area contributed by atoms with E-state index in [4.69, 9.17) is 0 Å². The molecule has 0 aromatic heterocycles. The fourth-order valence-corrected chi connectivity index (χ4v) is 2.77. The van der Waals surface area contributed by atoms with Crippen molar-refractivity contribution < 1.29 is 9.90 Å². The zero-order chi connectivity index (χ0) is 15.2. The Morgan fingerprint density at radius 2 is 1.90 bits per heavy atom. The van der Waals surface area contributed by atoms with Gasteiger partial charge in [0.15, 0.2) is 0 Å². The summed E-state index contributed by atoms with van der Waals surface area (Å²) in [5.41, 5.74) is 0.739. The van der Waals surface area contributed by atoms with Crippen molar-refractivity contribution in [3.8, 4) is 0 Å². The first-order valence-corrected chi connectivity index (χ1v) is 7.53. The molecule has 3 nitrogen and oxygen atoms in total. The molecule has 1 aromatic carbocycles. The average Bonchev–Trinajstić information content (AvgIpc) is 2.45. The summed E-state index contributed by atoms with van der Waals surface area (Å²) in [7, 11) is 0. The van der Waals surface area contributed by atoms with Crippen LogP contribution in [0, 0.1) is 0 Å². The molecule has 0 saturated heterocycles. The van der Waals surface area contributed by atoms with E-state index in [9.17, 15) is 9.90 Å². The first-order valence-electron chi connectivity index (χ1n) is 7.53. The largest absolute Gasteiger partial charge is 0.465 e. The van der Waals surface area contributed by atoms with E-state index < -0.39 is 6.09 Å². The summed E-state index contributed by atoms with van der Waals surface area (Å²) in [5, 5.41) is 9.70. The molecule has 2 unspecified atom stereocenters. The summed E-state index contributed by atoms with van der Waals surface area (Å²) >= 11 is 0. The van der Waals surface area contributed by atoms with Crippen molar-refractivity contribution >= 4 is 6.09 Å². The van der Waals surface area contributed by atoms with Gasteiger partial charge in [0.2, 0.25) is 0 Å². The molecule has 0 heterocycles. The summed E-state index contributed by atoms with van der Waals surface area (Å²) in [6, 6.07) is 9.74. The minimum Gasteiger partial charge on any atom is -0.465 e. The van der Waals surface area contributed by atoms with Crippen LogP contribution in [-0.4, -0.2) is 21.6 Å². The second kappa shape index (κ2) is 7.32. The average molecular weight is 277 g/mol. The fraction of sp³-hybridized carbons (Fsp3) is 0.588. The SMILES string of the molecule is CCCCC(C)(CC)N(C(=O)O)C(C)c1ccccc1. The summed E-state index contributed by atoms with van der Waals surface area (Å²) in [6.07, 6.45) is 3.04. The summed E-state index contributed by atoms with van der Waals surface area (Å²) in [5.74, 6) is 0. The van der Waals surface area contributed by atoms with Gasteiger partial charge in [0.05, 0.1) is 6.04 Å². The number of rotatable bonds is 7. The van der Waals surface area contributed by atoms with Gasteiger partial charge in [-0.1, -0.05) is 57.0 Å². The molecule has 0 aliphatic carbocycles. The number of unbranched alkanes of at least 4 members (excludes halogenated alkanes) is 1. The maximum absolute atomic E-state index is 11.8. The van der Waals surface area contributed by atoms with Gasteiger partial charge >= 0.3 is 6.09 Å². The molecule has 112 valence electrons. The molecule has 1 N–H and O–H groups in total. The third-order valence-electron chi connectivity index (χ3n) is 4.29. The Labute approximate surface area is 122 Å². The highest BCUT2D eigenvalue weighted by atomic mass is 16.4. The van der Waals surface area contributed by atoms with Crippen LogP contribution in [0.3, 0.4) is 0 Å². The molecule has 20 heavy (non-hydrogen) atoms. The molecule has 0 fully saturated rings. The van der Waals surface area contributed by atoms with Gasteiger partial charge in [-0.2, -0.15) is 0 Å². The van der Waals surface area contributed by atoms with E-state index in [1.54, 1.807) is 4.90 Å². The number of hydrogen-bond acceptors (Lipinski definition) is 1. The lowest BCUT2D eigenvalue weighted by molar-refractivity contribution is 0.0486. The third-order valence-corrected chi connectivity index (χ3v) is 4.29. The number of benzene rings is 1. The van der Waals surface area contributed by atoms with Crippen molar-refractivity contribution in [2.45, 2.75) is 65.0 Å². The molecule has 1 amide bonds. The molecule has 3 heteroatoms. The van der Waals surface area contributed by atoms with Gasteiger partial charge in [-0.25, -0.2) is 4.79 Å². The summed E-state index contributed by atoms with van der Waals surface area (Å²) in [6.45, 7) is 8.25. The first kappa shape index (κ1) is 16.5. The lowest BCUT2D eigenvalue weighted by Gasteiger charge is -2.43. The van der Waals surface area contributed by atoms with Crippen LogP contribution in [0.2, 0.25) is 0 Å². The Kier molecular flexibility index (Phi) is 6.05. The molecule has 1 rings (SSSR count). The lowest BCUT2D eigenvalue weighted by atomic mass is 9.88.